The Balaban J connectivity index is 2.08. The summed E-state index contributed by atoms with van der Waals surface area (Å²) in [6.07, 6.45) is -0.361. The molecule has 16 heavy (non-hydrogen) atoms. The first kappa shape index (κ1) is 13.9. The second-order valence-electron chi connectivity index (χ2n) is 5.78. The first-order chi connectivity index (χ1) is 7.47. The van der Waals surface area contributed by atoms with Crippen LogP contribution in [0.1, 0.15) is 20.8 Å². The number of nitrogens with one attached hydrogen (secondary N) is 1. The molecule has 1 rings (SSSR count). The van der Waals surface area contributed by atoms with Crippen LogP contribution in [0.2, 0.25) is 0 Å². The zero-order valence-electron chi connectivity index (χ0n) is 10.8. The lowest BCUT2D eigenvalue weighted by Crippen LogP contribution is -2.47. The molecule has 1 aliphatic heterocycles. The quantitative estimate of drug-likeness (QED) is 0.714. The monoisotopic (exact) mass is 230 g/mol. The Morgan fingerprint density at radius 1 is 1.31 bits per heavy atom. The molecular weight excluding hydrogens is 204 g/mol. The summed E-state index contributed by atoms with van der Waals surface area (Å²) in [7, 11) is 0. The maximum Gasteiger partial charge on any atom is 0.0900 e. The van der Waals surface area contributed by atoms with E-state index in [1.807, 2.05) is 0 Å². The van der Waals surface area contributed by atoms with Gasteiger partial charge >= 0.3 is 0 Å². The van der Waals surface area contributed by atoms with E-state index in [0.29, 0.717) is 13.2 Å². The van der Waals surface area contributed by atoms with Gasteiger partial charge in [0.15, 0.2) is 0 Å². The van der Waals surface area contributed by atoms with Crippen molar-refractivity contribution >= 4 is 0 Å². The van der Waals surface area contributed by atoms with Crippen LogP contribution >= 0.6 is 0 Å². The average molecular weight is 230 g/mol. The van der Waals surface area contributed by atoms with Crippen molar-refractivity contribution in [1.29, 1.82) is 0 Å². The molecule has 0 aliphatic carbocycles. The van der Waals surface area contributed by atoms with Gasteiger partial charge in [-0.15, -0.1) is 0 Å². The van der Waals surface area contributed by atoms with Crippen LogP contribution in [-0.2, 0) is 4.74 Å². The van der Waals surface area contributed by atoms with Crippen molar-refractivity contribution in [2.24, 2.45) is 5.41 Å². The second-order valence-corrected chi connectivity index (χ2v) is 5.78. The Kier molecular flexibility index (Phi) is 5.69. The molecule has 0 spiro atoms. The van der Waals surface area contributed by atoms with E-state index < -0.39 is 0 Å². The maximum atomic E-state index is 9.81. The molecule has 1 heterocycles. The normalized spacial score (nSPS) is 21.0. The highest BCUT2D eigenvalue weighted by molar-refractivity contribution is 4.71. The topological polar surface area (TPSA) is 44.7 Å². The molecule has 96 valence electrons. The lowest BCUT2D eigenvalue weighted by atomic mass is 9.99. The number of hydrogen-bond acceptors (Lipinski definition) is 4. The van der Waals surface area contributed by atoms with Gasteiger partial charge < -0.3 is 15.2 Å². The first-order valence-corrected chi connectivity index (χ1v) is 6.16. The van der Waals surface area contributed by atoms with Gasteiger partial charge in [-0.3, -0.25) is 4.90 Å². The predicted molar refractivity (Wildman–Crippen MR) is 65.6 cm³/mol. The van der Waals surface area contributed by atoms with Crippen molar-refractivity contribution in [3.05, 3.63) is 0 Å². The van der Waals surface area contributed by atoms with Crippen LogP contribution in [0.5, 0.6) is 0 Å². The molecule has 1 aliphatic rings. The number of aliphatic hydroxyl groups is 1. The van der Waals surface area contributed by atoms with Gasteiger partial charge in [0, 0.05) is 32.7 Å². The molecule has 4 nitrogen and oxygen atoms in total. The molecule has 1 saturated heterocycles. The van der Waals surface area contributed by atoms with E-state index in [-0.39, 0.29) is 11.5 Å². The highest BCUT2D eigenvalue weighted by Crippen LogP contribution is 2.12. The van der Waals surface area contributed by atoms with Crippen LogP contribution in [0.15, 0.2) is 0 Å². The average Bonchev–Trinajstić information content (AvgIpc) is 2.17. The summed E-state index contributed by atoms with van der Waals surface area (Å²) >= 11 is 0. The fraction of sp³-hybridized carbons (Fsp3) is 1.00. The fourth-order valence-electron chi connectivity index (χ4n) is 1.75. The number of hydrogen-bond donors (Lipinski definition) is 2. The summed E-state index contributed by atoms with van der Waals surface area (Å²) in [5.74, 6) is 0. The molecule has 1 fully saturated rings. The lowest BCUT2D eigenvalue weighted by molar-refractivity contribution is -0.00806. The van der Waals surface area contributed by atoms with E-state index in [2.05, 4.69) is 31.0 Å². The molecule has 1 atom stereocenters. The van der Waals surface area contributed by atoms with Crippen LogP contribution in [-0.4, -0.2) is 62.0 Å². The third-order valence-electron chi connectivity index (χ3n) is 2.52. The second kappa shape index (κ2) is 6.55. The minimum atomic E-state index is -0.361. The largest absolute Gasteiger partial charge is 0.389 e. The minimum absolute atomic E-state index is 0.175. The molecule has 0 bridgehead atoms. The van der Waals surface area contributed by atoms with Gasteiger partial charge in [-0.25, -0.2) is 0 Å². The van der Waals surface area contributed by atoms with Crippen molar-refractivity contribution in [3.8, 4) is 0 Å². The van der Waals surface area contributed by atoms with Gasteiger partial charge in [0.1, 0.15) is 0 Å². The van der Waals surface area contributed by atoms with E-state index in [9.17, 15) is 5.11 Å². The highest BCUT2D eigenvalue weighted by atomic mass is 16.5. The SMILES string of the molecule is CC(C)(C)COC[C@H](O)CN1CCNCC1. The Morgan fingerprint density at radius 2 is 1.94 bits per heavy atom. The van der Waals surface area contributed by atoms with Crippen molar-refractivity contribution in [1.82, 2.24) is 10.2 Å². The summed E-state index contributed by atoms with van der Waals surface area (Å²) in [5, 5.41) is 13.1. The summed E-state index contributed by atoms with van der Waals surface area (Å²) in [6.45, 7) is 12.4. The van der Waals surface area contributed by atoms with Gasteiger partial charge in [-0.2, -0.15) is 0 Å². The van der Waals surface area contributed by atoms with Crippen LogP contribution < -0.4 is 5.32 Å². The number of rotatable bonds is 5. The molecule has 0 radical (unpaired) electrons. The zero-order valence-corrected chi connectivity index (χ0v) is 10.8. The third kappa shape index (κ3) is 6.43. The van der Waals surface area contributed by atoms with E-state index in [1.54, 1.807) is 0 Å². The minimum Gasteiger partial charge on any atom is -0.389 e. The Morgan fingerprint density at radius 3 is 2.50 bits per heavy atom. The predicted octanol–water partition coefficient (Wildman–Crippen LogP) is 0.315. The van der Waals surface area contributed by atoms with Gasteiger partial charge in [0.25, 0.3) is 0 Å². The van der Waals surface area contributed by atoms with E-state index >= 15 is 0 Å². The molecule has 0 aromatic rings. The first-order valence-electron chi connectivity index (χ1n) is 6.16. The summed E-state index contributed by atoms with van der Waals surface area (Å²) in [4.78, 5) is 2.28. The van der Waals surface area contributed by atoms with Crippen molar-refractivity contribution in [3.63, 3.8) is 0 Å². The molecule has 0 aromatic carbocycles. The van der Waals surface area contributed by atoms with Crippen molar-refractivity contribution in [2.45, 2.75) is 26.9 Å². The lowest BCUT2D eigenvalue weighted by Gasteiger charge is -2.29. The van der Waals surface area contributed by atoms with Gasteiger partial charge in [-0.1, -0.05) is 20.8 Å². The third-order valence-corrected chi connectivity index (χ3v) is 2.52. The molecule has 0 aromatic heterocycles. The van der Waals surface area contributed by atoms with Crippen LogP contribution in [0, 0.1) is 5.41 Å². The molecule has 0 amide bonds. The summed E-state index contributed by atoms with van der Waals surface area (Å²) in [6, 6.07) is 0. The molecule has 4 heteroatoms. The maximum absolute atomic E-state index is 9.81. The van der Waals surface area contributed by atoms with Gasteiger partial charge in [0.05, 0.1) is 19.3 Å². The van der Waals surface area contributed by atoms with E-state index in [0.717, 1.165) is 32.7 Å². The number of aliphatic hydroxyl groups excluding tert-OH is 1. The van der Waals surface area contributed by atoms with Crippen molar-refractivity contribution in [2.75, 3.05) is 45.9 Å². The molecule has 0 unspecified atom stereocenters. The van der Waals surface area contributed by atoms with Crippen LogP contribution in [0.4, 0.5) is 0 Å². The van der Waals surface area contributed by atoms with E-state index in [1.165, 1.54) is 0 Å². The standard InChI is InChI=1S/C12H26N2O2/c1-12(2,3)10-16-9-11(15)8-14-6-4-13-5-7-14/h11,13,15H,4-10H2,1-3H3/t11-/m1/s1. The van der Waals surface area contributed by atoms with E-state index in [4.69, 9.17) is 4.74 Å². The molecule has 0 saturated carbocycles. The van der Waals surface area contributed by atoms with Gasteiger partial charge in [0.2, 0.25) is 0 Å². The molecule has 2 N–H and O–H groups in total. The van der Waals surface area contributed by atoms with Gasteiger partial charge in [-0.05, 0) is 5.41 Å². The Labute approximate surface area is 99.0 Å². The number of piperazine rings is 1. The fourth-order valence-corrected chi connectivity index (χ4v) is 1.75. The zero-order chi connectivity index (χ0) is 12.0. The van der Waals surface area contributed by atoms with Crippen LogP contribution in [0.25, 0.3) is 0 Å². The highest BCUT2D eigenvalue weighted by Gasteiger charge is 2.16. The Hall–Kier alpha value is -0.160. The molecular formula is C12H26N2O2. The Bertz CT molecular complexity index is 186. The number of β-amino-alcohol motifs (C(OH)–C–C–N with tert-alkyl or cyclic N) is 1. The number of nitrogens with zero attached hydrogens (tertiary/aromatic N) is 1. The smallest absolute Gasteiger partial charge is 0.0900 e. The van der Waals surface area contributed by atoms with Crippen molar-refractivity contribution < 1.29 is 9.84 Å². The number of ether oxygens (including phenoxy) is 1. The van der Waals surface area contributed by atoms with Crippen LogP contribution in [0.3, 0.4) is 0 Å². The summed E-state index contributed by atoms with van der Waals surface area (Å²) < 4.78 is 5.51. The summed E-state index contributed by atoms with van der Waals surface area (Å²) in [5.41, 5.74) is 0.175.